The largest absolute Gasteiger partial charge is 0.482 e. The first kappa shape index (κ1) is 16.1. The maximum Gasteiger partial charge on any atom is 0.319 e. The van der Waals surface area contributed by atoms with Gasteiger partial charge in [-0.05, 0) is 35.9 Å². The average Bonchev–Trinajstić information content (AvgIpc) is 2.55. The van der Waals surface area contributed by atoms with E-state index in [-0.39, 0.29) is 24.1 Å². The van der Waals surface area contributed by atoms with Gasteiger partial charge in [-0.3, -0.25) is 4.79 Å². The van der Waals surface area contributed by atoms with Gasteiger partial charge in [0.05, 0.1) is 10.7 Å². The molecule has 2 aromatic rings. The van der Waals surface area contributed by atoms with Gasteiger partial charge < -0.3 is 20.7 Å². The molecule has 3 amide bonds. The van der Waals surface area contributed by atoms with Gasteiger partial charge in [-0.1, -0.05) is 17.7 Å². The molecule has 124 valence electrons. The third kappa shape index (κ3) is 3.75. The lowest BCUT2D eigenvalue weighted by atomic mass is 10.2. The fraction of sp³-hybridized carbons (Fsp3) is 0.125. The van der Waals surface area contributed by atoms with Crippen molar-refractivity contribution in [2.75, 3.05) is 17.2 Å². The van der Waals surface area contributed by atoms with E-state index in [9.17, 15) is 14.0 Å². The first-order chi connectivity index (χ1) is 11.5. The van der Waals surface area contributed by atoms with Crippen LogP contribution in [0.1, 0.15) is 5.56 Å². The molecule has 1 heterocycles. The molecule has 3 N–H and O–H groups in total. The zero-order valence-corrected chi connectivity index (χ0v) is 13.1. The molecule has 1 aliphatic heterocycles. The molecule has 0 spiro atoms. The Bertz CT molecular complexity index is 813. The van der Waals surface area contributed by atoms with E-state index in [1.54, 1.807) is 18.2 Å². The molecule has 0 bridgehead atoms. The highest BCUT2D eigenvalue weighted by Crippen LogP contribution is 2.30. The third-order valence-corrected chi connectivity index (χ3v) is 3.60. The van der Waals surface area contributed by atoms with Crippen molar-refractivity contribution in [3.63, 3.8) is 0 Å². The number of halogens is 2. The number of nitrogens with one attached hydrogen (secondary N) is 3. The zero-order valence-electron chi connectivity index (χ0n) is 12.4. The van der Waals surface area contributed by atoms with Gasteiger partial charge in [0.25, 0.3) is 5.91 Å². The van der Waals surface area contributed by atoms with E-state index in [1.165, 1.54) is 18.2 Å². The van der Waals surface area contributed by atoms with Crippen LogP contribution in [0.15, 0.2) is 36.4 Å². The summed E-state index contributed by atoms with van der Waals surface area (Å²) in [4.78, 5) is 23.2. The van der Waals surface area contributed by atoms with Gasteiger partial charge in [-0.25, -0.2) is 9.18 Å². The molecule has 1 aliphatic rings. The highest BCUT2D eigenvalue weighted by atomic mass is 35.5. The molecule has 2 aromatic carbocycles. The predicted molar refractivity (Wildman–Crippen MR) is 87.8 cm³/mol. The lowest BCUT2D eigenvalue weighted by Gasteiger charge is -2.18. The summed E-state index contributed by atoms with van der Waals surface area (Å²) in [6.45, 7) is 0.164. The Hall–Kier alpha value is -2.80. The minimum atomic E-state index is -0.511. The van der Waals surface area contributed by atoms with Gasteiger partial charge in [0.2, 0.25) is 0 Å². The summed E-state index contributed by atoms with van der Waals surface area (Å²) in [5.74, 6) is -0.220. The third-order valence-electron chi connectivity index (χ3n) is 3.31. The molecule has 0 atom stereocenters. The van der Waals surface area contributed by atoms with Crippen LogP contribution in [-0.2, 0) is 11.3 Å². The minimum Gasteiger partial charge on any atom is -0.482 e. The second-order valence-corrected chi connectivity index (χ2v) is 5.51. The summed E-state index contributed by atoms with van der Waals surface area (Å²) in [5.41, 5.74) is 1.66. The van der Waals surface area contributed by atoms with Crippen LogP contribution in [0.2, 0.25) is 5.02 Å². The summed E-state index contributed by atoms with van der Waals surface area (Å²) in [5, 5.41) is 7.93. The number of fused-ring (bicyclic) bond motifs is 1. The molecule has 0 saturated heterocycles. The fourth-order valence-electron chi connectivity index (χ4n) is 2.17. The molecule has 0 aliphatic carbocycles. The van der Waals surface area contributed by atoms with E-state index >= 15 is 0 Å². The van der Waals surface area contributed by atoms with Crippen molar-refractivity contribution < 1.29 is 18.7 Å². The highest BCUT2D eigenvalue weighted by Gasteiger charge is 2.16. The van der Waals surface area contributed by atoms with E-state index < -0.39 is 11.8 Å². The zero-order chi connectivity index (χ0) is 17.1. The molecule has 0 saturated carbocycles. The first-order valence-corrected chi connectivity index (χ1v) is 7.44. The van der Waals surface area contributed by atoms with Crippen molar-refractivity contribution in [2.24, 2.45) is 0 Å². The maximum absolute atomic E-state index is 13.1. The van der Waals surface area contributed by atoms with E-state index in [1.807, 2.05) is 0 Å². The molecule has 0 unspecified atom stereocenters. The van der Waals surface area contributed by atoms with Crippen LogP contribution in [0, 0.1) is 5.82 Å². The van der Waals surface area contributed by atoms with E-state index in [0.717, 1.165) is 0 Å². The molecule has 6 nitrogen and oxygen atoms in total. The topological polar surface area (TPSA) is 79.5 Å². The van der Waals surface area contributed by atoms with Crippen LogP contribution < -0.4 is 20.7 Å². The van der Waals surface area contributed by atoms with E-state index in [4.69, 9.17) is 16.3 Å². The molecule has 0 aromatic heterocycles. The Balaban J connectivity index is 1.59. The number of urea groups is 1. The summed E-state index contributed by atoms with van der Waals surface area (Å²) < 4.78 is 18.3. The number of benzene rings is 2. The van der Waals surface area contributed by atoms with Gasteiger partial charge in [0, 0.05) is 12.2 Å². The second-order valence-electron chi connectivity index (χ2n) is 5.10. The predicted octanol–water partition coefficient (Wildman–Crippen LogP) is 3.13. The van der Waals surface area contributed by atoms with Crippen molar-refractivity contribution >= 4 is 34.9 Å². The van der Waals surface area contributed by atoms with E-state index in [2.05, 4.69) is 16.0 Å². The molecule has 8 heteroatoms. The number of carbonyl (C=O) groups excluding carboxylic acids is 2. The SMILES string of the molecule is O=C1COc2ccc(NC(=O)NCc3ccc(F)c(Cl)c3)cc2N1. The number of hydrogen-bond donors (Lipinski definition) is 3. The number of anilines is 2. The van der Waals surface area contributed by atoms with Gasteiger partial charge in [0.15, 0.2) is 6.61 Å². The summed E-state index contributed by atoms with van der Waals surface area (Å²) >= 11 is 5.69. The Morgan fingerprint density at radius 1 is 1.29 bits per heavy atom. The Kier molecular flexibility index (Phi) is 4.52. The van der Waals surface area contributed by atoms with Crippen molar-refractivity contribution in [1.82, 2.24) is 5.32 Å². The normalized spacial score (nSPS) is 12.7. The van der Waals surface area contributed by atoms with Gasteiger partial charge in [-0.2, -0.15) is 0 Å². The van der Waals surface area contributed by atoms with Gasteiger partial charge in [0.1, 0.15) is 11.6 Å². The monoisotopic (exact) mass is 349 g/mol. The molecular weight excluding hydrogens is 337 g/mol. The molecule has 0 fully saturated rings. The number of rotatable bonds is 3. The van der Waals surface area contributed by atoms with Crippen molar-refractivity contribution in [3.05, 3.63) is 52.8 Å². The Labute approximate surface area is 141 Å². The minimum absolute atomic E-state index is 0.000127. The first-order valence-electron chi connectivity index (χ1n) is 7.07. The summed E-state index contributed by atoms with van der Waals surface area (Å²) in [6.07, 6.45) is 0. The summed E-state index contributed by atoms with van der Waals surface area (Å²) in [7, 11) is 0. The van der Waals surface area contributed by atoms with Crippen LogP contribution in [-0.4, -0.2) is 18.5 Å². The van der Waals surface area contributed by atoms with Gasteiger partial charge in [-0.15, -0.1) is 0 Å². The molecule has 0 radical (unpaired) electrons. The summed E-state index contributed by atoms with van der Waals surface area (Å²) in [6, 6.07) is 8.69. The van der Waals surface area contributed by atoms with Crippen LogP contribution in [0.4, 0.5) is 20.6 Å². The van der Waals surface area contributed by atoms with Crippen molar-refractivity contribution in [1.29, 1.82) is 0 Å². The molecular formula is C16H13ClFN3O3. The molecule has 3 rings (SSSR count). The maximum atomic E-state index is 13.1. The number of amides is 3. The smallest absolute Gasteiger partial charge is 0.319 e. The van der Waals surface area contributed by atoms with Crippen LogP contribution in [0.3, 0.4) is 0 Å². The van der Waals surface area contributed by atoms with Crippen LogP contribution in [0.25, 0.3) is 0 Å². The highest BCUT2D eigenvalue weighted by molar-refractivity contribution is 6.30. The Morgan fingerprint density at radius 3 is 2.92 bits per heavy atom. The lowest BCUT2D eigenvalue weighted by molar-refractivity contribution is -0.118. The molecule has 24 heavy (non-hydrogen) atoms. The van der Waals surface area contributed by atoms with Gasteiger partial charge >= 0.3 is 6.03 Å². The number of ether oxygens (including phenoxy) is 1. The average molecular weight is 350 g/mol. The number of carbonyl (C=O) groups is 2. The lowest BCUT2D eigenvalue weighted by Crippen LogP contribution is -2.28. The van der Waals surface area contributed by atoms with E-state index in [0.29, 0.717) is 22.7 Å². The standard InChI is InChI=1S/C16H13ClFN3O3/c17-11-5-9(1-3-12(11)18)7-19-16(23)20-10-2-4-14-13(6-10)21-15(22)8-24-14/h1-6H,7-8H2,(H,21,22)(H2,19,20,23). The number of hydrogen-bond acceptors (Lipinski definition) is 3. The quantitative estimate of drug-likeness (QED) is 0.796. The van der Waals surface area contributed by atoms with Crippen LogP contribution >= 0.6 is 11.6 Å². The fourth-order valence-corrected chi connectivity index (χ4v) is 2.37. The Morgan fingerprint density at radius 2 is 2.12 bits per heavy atom. The van der Waals surface area contributed by atoms with Crippen molar-refractivity contribution in [2.45, 2.75) is 6.54 Å². The van der Waals surface area contributed by atoms with Crippen LogP contribution in [0.5, 0.6) is 5.75 Å². The second kappa shape index (κ2) is 6.76. The van der Waals surface area contributed by atoms with Crippen molar-refractivity contribution in [3.8, 4) is 5.75 Å².